The molecule has 5 fully saturated rings. The molecule has 15 aromatic rings. The molecule has 0 aliphatic carbocycles. The topological polar surface area (TPSA) is 229 Å². The van der Waals surface area contributed by atoms with E-state index in [9.17, 15) is 4.39 Å². The number of rotatable bonds is 15. The van der Waals surface area contributed by atoms with Crippen molar-refractivity contribution in [3.05, 3.63) is 174 Å². The summed E-state index contributed by atoms with van der Waals surface area (Å²) in [5.74, 6) is 0.544. The van der Waals surface area contributed by atoms with Crippen molar-refractivity contribution in [3.63, 3.8) is 0 Å². The molecule has 20 rings (SSSR count). The summed E-state index contributed by atoms with van der Waals surface area (Å²) in [5.41, 5.74) is 19.1. The molecule has 0 N–H and O–H groups in total. The van der Waals surface area contributed by atoms with E-state index in [2.05, 4.69) is 182 Å². The van der Waals surface area contributed by atoms with Crippen LogP contribution in [-0.2, 0) is 56.4 Å². The van der Waals surface area contributed by atoms with Crippen molar-refractivity contribution in [2.75, 3.05) is 164 Å². The zero-order valence-corrected chi connectivity index (χ0v) is 68.0. The van der Waals surface area contributed by atoms with Crippen molar-refractivity contribution in [2.45, 2.75) is 95.0 Å². The Morgan fingerprint density at radius 1 is 0.278 bits per heavy atom. The average molecular weight is 1560 g/mol. The third kappa shape index (κ3) is 17.2. The molecule has 0 aromatic carbocycles. The molecule has 26 nitrogen and oxygen atoms in total. The van der Waals surface area contributed by atoms with Gasteiger partial charge in [-0.1, -0.05) is 0 Å². The van der Waals surface area contributed by atoms with Crippen molar-refractivity contribution in [2.24, 2.45) is 0 Å². The van der Waals surface area contributed by atoms with Crippen LogP contribution in [-0.4, -0.2) is 266 Å². The van der Waals surface area contributed by atoms with Crippen LogP contribution in [0, 0.1) is 68.1 Å². The van der Waals surface area contributed by atoms with Crippen molar-refractivity contribution >= 4 is 109 Å². The molecule has 0 atom stereocenters. The van der Waals surface area contributed by atoms with E-state index in [0.29, 0.717) is 5.69 Å². The Morgan fingerprint density at radius 2 is 0.626 bits per heavy atom. The number of ether oxygens (including phenoxy) is 5. The van der Waals surface area contributed by atoms with E-state index in [-0.39, 0.29) is 5.82 Å². The lowest BCUT2D eigenvalue weighted by Crippen LogP contribution is -2.38. The second-order valence-electron chi connectivity index (χ2n) is 30.6. The highest BCUT2D eigenvalue weighted by Gasteiger charge is 2.24. The fourth-order valence-corrected chi connectivity index (χ4v) is 17.2. The number of nitrogens with zero attached hydrogens (tertiary/aromatic N) is 21. The summed E-state index contributed by atoms with van der Waals surface area (Å²) in [6.07, 6.45) is 17.1. The minimum atomic E-state index is -0.260. The van der Waals surface area contributed by atoms with Crippen LogP contribution < -0.4 is 0 Å². The normalized spacial score (nSPS) is 16.4. The third-order valence-electron chi connectivity index (χ3n) is 23.3. The Kier molecular flexibility index (Phi) is 24.7. The van der Waals surface area contributed by atoms with E-state index in [1.807, 2.05) is 69.5 Å². The maximum absolute atomic E-state index is 14.1. The summed E-state index contributed by atoms with van der Waals surface area (Å²) in [6.45, 7) is 46.0. The molecule has 0 unspecified atom stereocenters. The Hall–Kier alpha value is -10.0. The Morgan fingerprint density at radius 3 is 1.07 bits per heavy atom. The van der Waals surface area contributed by atoms with Crippen LogP contribution in [0.3, 0.4) is 0 Å². The Bertz CT molecular complexity index is 5580. The highest BCUT2D eigenvalue weighted by molar-refractivity contribution is 6.11. The van der Waals surface area contributed by atoms with Gasteiger partial charge in [-0.2, -0.15) is 0 Å². The number of fused-ring (bicyclic) bond motifs is 15. The molecule has 15 aromatic heterocycles. The number of pyridine rings is 9. The standard InChI is InChI=1S/C18H21FN4O.2C18H22N4O.C17H21N5O.C17H20N4O/c1-12-16(19)11-15-14-3-4-20-13(2)17(14)23(18(15)21-12)6-5-22-7-9-24-10-8-22;1-13-11-17-16(12-20-13)15-3-4-19-14(2)18(15)22(17)6-5-21-7-9-23-10-8-21;1-13-3-4-16-15-5-6-19-14(2)17(15)22(18(16)20-13)8-7-21-9-11-23-12-10-21;1-12-16-14(3-4-18-12)15-11-19-13(2)20-17(15)22(16)6-5-21-7-9-23-10-8-21;1-13-17-15(3-5-19-13)14-2-4-18-12-16(14)21(17)7-6-20-8-10-22-11-9-20/h3-4,11H,5-10H2,1-2H3;3-4,11-12H,5-10H2,1-2H3;3-6H,7-12H2,1-2H3;3-4,11H,5-10H2,1-2H3;2-5,12H,6-11H2,1H3. The summed E-state index contributed by atoms with van der Waals surface area (Å²) in [4.78, 5) is 61.9. The van der Waals surface area contributed by atoms with E-state index < -0.39 is 0 Å². The predicted octanol–water partition coefficient (Wildman–Crippen LogP) is 11.9. The monoisotopic (exact) mass is 1560 g/mol. The van der Waals surface area contributed by atoms with Gasteiger partial charge in [0.1, 0.15) is 28.6 Å². The molecule has 27 heteroatoms. The van der Waals surface area contributed by atoms with Crippen LogP contribution in [0.25, 0.3) is 109 Å². The maximum Gasteiger partial charge on any atom is 0.145 e. The van der Waals surface area contributed by atoms with Gasteiger partial charge in [0.05, 0.1) is 145 Å². The first-order chi connectivity index (χ1) is 56.2. The van der Waals surface area contributed by atoms with Gasteiger partial charge in [-0.25, -0.2) is 24.3 Å². The smallest absolute Gasteiger partial charge is 0.145 e. The summed E-state index contributed by atoms with van der Waals surface area (Å²) in [5, 5.41) is 11.7. The van der Waals surface area contributed by atoms with Gasteiger partial charge in [0, 0.05) is 246 Å². The van der Waals surface area contributed by atoms with Gasteiger partial charge in [-0.15, -0.1) is 0 Å². The molecule has 0 bridgehead atoms. The lowest BCUT2D eigenvalue weighted by atomic mass is 10.2. The van der Waals surface area contributed by atoms with Gasteiger partial charge in [0.2, 0.25) is 0 Å². The number of morpholine rings is 5. The summed E-state index contributed by atoms with van der Waals surface area (Å²) >= 11 is 0. The molecule has 0 radical (unpaired) electrons. The first-order valence-electron chi connectivity index (χ1n) is 40.8. The van der Waals surface area contributed by atoms with Gasteiger partial charge in [-0.3, -0.25) is 59.4 Å². The first-order valence-corrected chi connectivity index (χ1v) is 40.8. The van der Waals surface area contributed by atoms with Crippen LogP contribution >= 0.6 is 0 Å². The minimum Gasteiger partial charge on any atom is -0.379 e. The molecule has 5 aliphatic rings. The van der Waals surface area contributed by atoms with Crippen molar-refractivity contribution in [1.29, 1.82) is 0 Å². The second-order valence-corrected chi connectivity index (χ2v) is 30.6. The second kappa shape index (κ2) is 36.0. The van der Waals surface area contributed by atoms with Crippen molar-refractivity contribution < 1.29 is 28.1 Å². The van der Waals surface area contributed by atoms with Crippen molar-refractivity contribution in [1.82, 2.24) is 102 Å². The SMILES string of the molecule is Cc1cc2c(cn1)c1ccnc(C)c1n2CCN1CCOCC1.Cc1ccc2c3ccnc(C)c3n(CCN3CCOCC3)c2n1.Cc1nc2c(cc1F)c1ccnc(C)c1n2CCN1CCOCC1.Cc1ncc2c3ccnc(C)c3n(CCN3CCOCC3)c2n1.Cc1nccc2c3ccncc3n(CCN3CCOCC3)c12. The number of aryl methyl sites for hydroxylation is 9. The van der Waals surface area contributed by atoms with Gasteiger partial charge in [-0.05, 0) is 123 Å². The summed E-state index contributed by atoms with van der Waals surface area (Å²) in [6, 6.07) is 20.5. The highest BCUT2D eigenvalue weighted by Crippen LogP contribution is 2.35. The Labute approximate surface area is 669 Å². The molecule has 5 aliphatic heterocycles. The number of aromatic nitrogens is 16. The Balaban J connectivity index is 0.000000108. The third-order valence-corrected chi connectivity index (χ3v) is 23.3. The number of halogens is 1. The molecule has 115 heavy (non-hydrogen) atoms. The van der Waals surface area contributed by atoms with Crippen LogP contribution in [0.2, 0.25) is 0 Å². The molecule has 0 spiro atoms. The molecule has 600 valence electrons. The van der Waals surface area contributed by atoms with Gasteiger partial charge in [0.15, 0.2) is 0 Å². The van der Waals surface area contributed by atoms with Crippen LogP contribution in [0.4, 0.5) is 4.39 Å². The molecule has 20 heterocycles. The predicted molar refractivity (Wildman–Crippen MR) is 452 cm³/mol. The molecule has 0 amide bonds. The molecular weight excluding hydrogens is 1450 g/mol. The zero-order valence-electron chi connectivity index (χ0n) is 68.0. The van der Waals surface area contributed by atoms with Gasteiger partial charge < -0.3 is 46.5 Å². The molecule has 5 saturated heterocycles. The zero-order chi connectivity index (χ0) is 79.1. The largest absolute Gasteiger partial charge is 0.379 e. The summed E-state index contributed by atoms with van der Waals surface area (Å²) in [7, 11) is 0. The fraction of sp³-hybridized carbons (Fsp3) is 0.443. The van der Waals surface area contributed by atoms with Gasteiger partial charge >= 0.3 is 0 Å². The molecular formula is C88H106FN21O5. The van der Waals surface area contributed by atoms with Crippen LogP contribution in [0.15, 0.2) is 116 Å². The minimum absolute atomic E-state index is 0.260. The van der Waals surface area contributed by atoms with E-state index in [1.165, 1.54) is 70.8 Å². The number of hydrogen-bond donors (Lipinski definition) is 0. The lowest BCUT2D eigenvalue weighted by Gasteiger charge is -2.27. The molecule has 0 saturated carbocycles. The van der Waals surface area contributed by atoms with E-state index >= 15 is 0 Å². The van der Waals surface area contributed by atoms with Gasteiger partial charge in [0.25, 0.3) is 0 Å². The van der Waals surface area contributed by atoms with Crippen molar-refractivity contribution in [3.8, 4) is 0 Å². The number of hydrogen-bond acceptors (Lipinski definition) is 21. The maximum atomic E-state index is 14.1. The van der Waals surface area contributed by atoms with E-state index in [1.54, 1.807) is 19.2 Å². The van der Waals surface area contributed by atoms with E-state index in [4.69, 9.17) is 33.7 Å². The van der Waals surface area contributed by atoms with E-state index in [0.717, 1.165) is 281 Å². The quantitative estimate of drug-likeness (QED) is 0.0929. The van der Waals surface area contributed by atoms with Crippen LogP contribution in [0.5, 0.6) is 0 Å². The fourth-order valence-electron chi connectivity index (χ4n) is 17.2. The first kappa shape index (κ1) is 78.8. The average Bonchev–Trinajstić information content (AvgIpc) is 1.62. The summed E-state index contributed by atoms with van der Waals surface area (Å²) < 4.78 is 52.8. The lowest BCUT2D eigenvalue weighted by molar-refractivity contribution is 0.0366. The van der Waals surface area contributed by atoms with Crippen LogP contribution in [0.1, 0.15) is 51.4 Å². The highest BCUT2D eigenvalue weighted by atomic mass is 19.1.